The highest BCUT2D eigenvalue weighted by Crippen LogP contribution is 2.28. The first-order chi connectivity index (χ1) is 11.5. The van der Waals surface area contributed by atoms with Gasteiger partial charge in [-0.3, -0.25) is 4.79 Å². The smallest absolute Gasteiger partial charge is 0.241 e. The van der Waals surface area contributed by atoms with Crippen molar-refractivity contribution in [3.63, 3.8) is 0 Å². The summed E-state index contributed by atoms with van der Waals surface area (Å²) in [4.78, 5) is 14.5. The molecule has 1 atom stereocenters. The van der Waals surface area contributed by atoms with Gasteiger partial charge in [-0.1, -0.05) is 12.1 Å². The molecule has 2 heterocycles. The minimum Gasteiger partial charge on any atom is -0.340 e. The molecule has 24 heavy (non-hydrogen) atoms. The van der Waals surface area contributed by atoms with Crippen LogP contribution in [0, 0.1) is 5.82 Å². The van der Waals surface area contributed by atoms with Crippen molar-refractivity contribution in [2.24, 2.45) is 0 Å². The third-order valence-corrected chi connectivity index (χ3v) is 7.98. The Hall–Kier alpha value is -0.770. The van der Waals surface area contributed by atoms with Crippen LogP contribution >= 0.6 is 23.5 Å². The Kier molecular flexibility index (Phi) is 5.74. The topological polar surface area (TPSA) is 57.7 Å². The third kappa shape index (κ3) is 4.07. The lowest BCUT2D eigenvalue weighted by molar-refractivity contribution is -0.133. The van der Waals surface area contributed by atoms with Crippen molar-refractivity contribution in [2.45, 2.75) is 11.8 Å². The number of nitrogens with zero attached hydrogens (tertiary/aromatic N) is 2. The summed E-state index contributed by atoms with van der Waals surface area (Å²) in [6, 6.07) is 4.81. The lowest BCUT2D eigenvalue weighted by atomic mass is 10.2. The quantitative estimate of drug-likeness (QED) is 0.782. The minimum atomic E-state index is -3.62. The van der Waals surface area contributed by atoms with E-state index in [1.807, 2.05) is 0 Å². The van der Waals surface area contributed by atoms with E-state index in [-0.39, 0.29) is 11.7 Å². The average Bonchev–Trinajstić information content (AvgIpc) is 3.07. The van der Waals surface area contributed by atoms with Gasteiger partial charge in [0.25, 0.3) is 0 Å². The van der Waals surface area contributed by atoms with Gasteiger partial charge in [-0.2, -0.15) is 16.1 Å². The maximum Gasteiger partial charge on any atom is 0.241 e. The van der Waals surface area contributed by atoms with E-state index in [1.54, 1.807) is 16.7 Å². The summed E-state index contributed by atoms with van der Waals surface area (Å²) in [7, 11) is -3.62. The Morgan fingerprint density at radius 2 is 1.83 bits per heavy atom. The number of sulfonamides is 1. The second kappa shape index (κ2) is 7.63. The van der Waals surface area contributed by atoms with E-state index in [4.69, 9.17) is 0 Å². The van der Waals surface area contributed by atoms with Gasteiger partial charge in [0.1, 0.15) is 11.9 Å². The fourth-order valence-electron chi connectivity index (χ4n) is 2.76. The zero-order valence-corrected chi connectivity index (χ0v) is 15.5. The van der Waals surface area contributed by atoms with E-state index in [1.165, 1.54) is 40.3 Å². The van der Waals surface area contributed by atoms with Crippen LogP contribution in [0.1, 0.15) is 5.56 Å². The Labute approximate surface area is 150 Å². The number of thioether (sulfide) groups is 2. The molecule has 0 saturated carbocycles. The molecule has 1 aromatic rings. The molecule has 0 radical (unpaired) electrons. The summed E-state index contributed by atoms with van der Waals surface area (Å²) in [6.45, 7) is 1.35. The molecule has 2 fully saturated rings. The van der Waals surface area contributed by atoms with Gasteiger partial charge in [0.2, 0.25) is 15.9 Å². The number of hydrogen-bond donors (Lipinski definition) is 0. The summed E-state index contributed by atoms with van der Waals surface area (Å²) >= 11 is 3.26. The predicted molar refractivity (Wildman–Crippen MR) is 95.9 cm³/mol. The lowest BCUT2D eigenvalue weighted by Crippen LogP contribution is -2.51. The largest absolute Gasteiger partial charge is 0.340 e. The molecular weight excluding hydrogens is 371 g/mol. The normalized spacial score (nSPS) is 22.7. The number of rotatable bonds is 4. The van der Waals surface area contributed by atoms with E-state index >= 15 is 0 Å². The molecule has 9 heteroatoms. The van der Waals surface area contributed by atoms with Crippen LogP contribution in [0.4, 0.5) is 4.39 Å². The van der Waals surface area contributed by atoms with Crippen LogP contribution in [0.2, 0.25) is 0 Å². The standard InChI is InChI=1S/C15H19FN2O3S3/c16-13-3-1-12(2-4-13)10-24(20,21)18-11-23-9-14(18)15(19)17-5-7-22-8-6-17/h1-4,14H,5-11H2. The van der Waals surface area contributed by atoms with Crippen LogP contribution in [0.5, 0.6) is 0 Å². The van der Waals surface area contributed by atoms with Crippen molar-refractivity contribution in [1.82, 2.24) is 9.21 Å². The van der Waals surface area contributed by atoms with Gasteiger partial charge in [0.05, 0.1) is 11.6 Å². The van der Waals surface area contributed by atoms with Gasteiger partial charge in [-0.15, -0.1) is 11.8 Å². The maximum absolute atomic E-state index is 13.0. The zero-order valence-electron chi connectivity index (χ0n) is 13.1. The summed E-state index contributed by atoms with van der Waals surface area (Å²) in [6.07, 6.45) is 0. The van der Waals surface area contributed by atoms with Crippen LogP contribution < -0.4 is 0 Å². The molecule has 1 unspecified atom stereocenters. The number of hydrogen-bond acceptors (Lipinski definition) is 5. The number of halogens is 1. The summed E-state index contributed by atoms with van der Waals surface area (Å²) in [5.41, 5.74) is 0.522. The molecule has 1 amide bonds. The van der Waals surface area contributed by atoms with Crippen molar-refractivity contribution in [3.05, 3.63) is 35.6 Å². The molecular formula is C15H19FN2O3S3. The van der Waals surface area contributed by atoms with Gasteiger partial charge in [-0.25, -0.2) is 12.8 Å². The van der Waals surface area contributed by atoms with Crippen molar-refractivity contribution >= 4 is 39.5 Å². The molecule has 2 saturated heterocycles. The Balaban J connectivity index is 1.73. The molecule has 5 nitrogen and oxygen atoms in total. The summed E-state index contributed by atoms with van der Waals surface area (Å²) in [5, 5.41) is 0. The van der Waals surface area contributed by atoms with E-state index in [0.717, 1.165) is 11.5 Å². The van der Waals surface area contributed by atoms with Crippen LogP contribution in [0.15, 0.2) is 24.3 Å². The molecule has 0 bridgehead atoms. The molecule has 0 spiro atoms. The number of carbonyl (C=O) groups is 1. The number of amides is 1. The van der Waals surface area contributed by atoms with Gasteiger partial charge in [0, 0.05) is 30.3 Å². The highest BCUT2D eigenvalue weighted by Gasteiger charge is 2.41. The van der Waals surface area contributed by atoms with Crippen molar-refractivity contribution < 1.29 is 17.6 Å². The zero-order chi connectivity index (χ0) is 17.2. The average molecular weight is 391 g/mol. The van der Waals surface area contributed by atoms with E-state index in [2.05, 4.69) is 0 Å². The molecule has 2 aliphatic rings. The van der Waals surface area contributed by atoms with Crippen LogP contribution in [-0.2, 0) is 20.6 Å². The van der Waals surface area contributed by atoms with Crippen molar-refractivity contribution in [1.29, 1.82) is 0 Å². The second-order valence-corrected chi connectivity index (χ2v) is 9.87. The fourth-order valence-corrected chi connectivity index (χ4v) is 6.97. The van der Waals surface area contributed by atoms with Crippen molar-refractivity contribution in [2.75, 3.05) is 36.2 Å². The monoisotopic (exact) mass is 390 g/mol. The van der Waals surface area contributed by atoms with E-state index in [9.17, 15) is 17.6 Å². The molecule has 0 aliphatic carbocycles. The van der Waals surface area contributed by atoms with Crippen molar-refractivity contribution in [3.8, 4) is 0 Å². The first-order valence-electron chi connectivity index (χ1n) is 7.65. The van der Waals surface area contributed by atoms with Gasteiger partial charge in [-0.05, 0) is 17.7 Å². The fraction of sp³-hybridized carbons (Fsp3) is 0.533. The molecule has 2 aliphatic heterocycles. The predicted octanol–water partition coefficient (Wildman–Crippen LogP) is 1.61. The Morgan fingerprint density at radius 3 is 2.50 bits per heavy atom. The molecule has 1 aromatic carbocycles. The van der Waals surface area contributed by atoms with E-state index < -0.39 is 21.9 Å². The molecule has 0 N–H and O–H groups in total. The Bertz CT molecular complexity index is 690. The number of carbonyl (C=O) groups excluding carboxylic acids is 1. The number of benzene rings is 1. The van der Waals surface area contributed by atoms with Gasteiger partial charge < -0.3 is 4.90 Å². The highest BCUT2D eigenvalue weighted by atomic mass is 32.2. The third-order valence-electron chi connectivity index (χ3n) is 4.07. The van der Waals surface area contributed by atoms with Crippen LogP contribution in [-0.4, -0.2) is 65.8 Å². The maximum atomic E-state index is 13.0. The van der Waals surface area contributed by atoms with Crippen LogP contribution in [0.25, 0.3) is 0 Å². The summed E-state index contributed by atoms with van der Waals surface area (Å²) in [5.74, 6) is 1.87. The summed E-state index contributed by atoms with van der Waals surface area (Å²) < 4.78 is 39.7. The SMILES string of the molecule is O=C(C1CSCN1S(=O)(=O)Cc1ccc(F)cc1)N1CCSCC1. The highest BCUT2D eigenvalue weighted by molar-refractivity contribution is 8.00. The molecule has 3 rings (SSSR count). The van der Waals surface area contributed by atoms with E-state index in [0.29, 0.717) is 30.3 Å². The van der Waals surface area contributed by atoms with Gasteiger partial charge >= 0.3 is 0 Å². The first kappa shape index (κ1) is 18.0. The second-order valence-electron chi connectivity index (χ2n) is 5.72. The lowest BCUT2D eigenvalue weighted by Gasteiger charge is -2.31. The van der Waals surface area contributed by atoms with Crippen LogP contribution in [0.3, 0.4) is 0 Å². The van der Waals surface area contributed by atoms with Gasteiger partial charge in [0.15, 0.2) is 0 Å². The first-order valence-corrected chi connectivity index (χ1v) is 11.6. The molecule has 132 valence electrons. The Morgan fingerprint density at radius 1 is 1.17 bits per heavy atom. The molecule has 0 aromatic heterocycles. The minimum absolute atomic E-state index is 0.0945.